The molecule has 3 aromatic rings. The van der Waals surface area contributed by atoms with Gasteiger partial charge in [0.05, 0.1) is 11.2 Å². The molecule has 0 bridgehead atoms. The molecular formula is C13H7BrClF2N3. The van der Waals surface area contributed by atoms with E-state index in [1.54, 1.807) is 18.2 Å². The van der Waals surface area contributed by atoms with E-state index in [9.17, 15) is 8.78 Å². The number of nitrogens with two attached hydrogens (primary N) is 1. The lowest BCUT2D eigenvalue weighted by atomic mass is 10.2. The molecule has 2 N–H and O–H groups in total. The van der Waals surface area contributed by atoms with Crippen LogP contribution in [0.2, 0.25) is 5.02 Å². The van der Waals surface area contributed by atoms with Gasteiger partial charge in [-0.05, 0) is 46.3 Å². The molecule has 1 aromatic heterocycles. The number of nitrogens with zero attached hydrogens (tertiary/aromatic N) is 2. The number of halogens is 4. The largest absolute Gasteiger partial charge is 0.369 e. The van der Waals surface area contributed by atoms with Gasteiger partial charge in [0.15, 0.2) is 11.6 Å². The van der Waals surface area contributed by atoms with Crippen LogP contribution in [0.5, 0.6) is 0 Å². The van der Waals surface area contributed by atoms with Gasteiger partial charge in [0.25, 0.3) is 0 Å². The molecule has 3 rings (SSSR count). The molecule has 0 aliphatic heterocycles. The van der Waals surface area contributed by atoms with Crippen molar-refractivity contribution in [2.75, 3.05) is 5.73 Å². The number of hydrogen-bond donors (Lipinski definition) is 1. The third-order valence-corrected chi connectivity index (χ3v) is 3.79. The van der Waals surface area contributed by atoms with Crippen LogP contribution in [0.25, 0.3) is 16.7 Å². The second kappa shape index (κ2) is 4.71. The third kappa shape index (κ3) is 1.96. The van der Waals surface area contributed by atoms with E-state index in [2.05, 4.69) is 20.9 Å². The van der Waals surface area contributed by atoms with Gasteiger partial charge >= 0.3 is 0 Å². The van der Waals surface area contributed by atoms with Crippen molar-refractivity contribution in [3.8, 4) is 5.69 Å². The fraction of sp³-hybridized carbons (Fsp3) is 0. The van der Waals surface area contributed by atoms with Gasteiger partial charge in [0.1, 0.15) is 5.52 Å². The van der Waals surface area contributed by atoms with E-state index in [1.165, 1.54) is 10.6 Å². The van der Waals surface area contributed by atoms with Crippen molar-refractivity contribution in [3.63, 3.8) is 0 Å². The first-order valence-corrected chi connectivity index (χ1v) is 6.73. The van der Waals surface area contributed by atoms with Crippen molar-refractivity contribution in [2.24, 2.45) is 0 Å². The summed E-state index contributed by atoms with van der Waals surface area (Å²) >= 11 is 9.28. The minimum atomic E-state index is -1.00. The summed E-state index contributed by atoms with van der Waals surface area (Å²) in [5.74, 6) is -1.91. The molecule has 102 valence electrons. The van der Waals surface area contributed by atoms with Crippen LogP contribution < -0.4 is 5.73 Å². The van der Waals surface area contributed by atoms with Crippen molar-refractivity contribution in [1.82, 2.24) is 9.55 Å². The van der Waals surface area contributed by atoms with Crippen LogP contribution in [-0.2, 0) is 0 Å². The maximum absolute atomic E-state index is 14.1. The van der Waals surface area contributed by atoms with Gasteiger partial charge < -0.3 is 5.73 Å². The maximum atomic E-state index is 14.1. The van der Waals surface area contributed by atoms with Gasteiger partial charge in [-0.15, -0.1) is 0 Å². The summed E-state index contributed by atoms with van der Waals surface area (Å²) in [5.41, 5.74) is 6.56. The first kappa shape index (κ1) is 13.3. The third-order valence-electron chi connectivity index (χ3n) is 2.88. The zero-order chi connectivity index (χ0) is 14.4. The lowest BCUT2D eigenvalue weighted by Crippen LogP contribution is -2.03. The molecule has 20 heavy (non-hydrogen) atoms. The summed E-state index contributed by atoms with van der Waals surface area (Å²) in [5, 5.41) is 0.446. The standard InChI is InChI=1S/C13H7BrClF2N3/c14-7-2-1-6(15)5-10(7)20-12-9(19-13(20)18)4-3-8(16)11(12)17/h1-5H,(H2,18,19). The molecule has 0 aliphatic carbocycles. The van der Waals surface area contributed by atoms with Gasteiger partial charge in [0, 0.05) is 9.50 Å². The zero-order valence-corrected chi connectivity index (χ0v) is 12.2. The Hall–Kier alpha value is -1.66. The van der Waals surface area contributed by atoms with Crippen molar-refractivity contribution in [1.29, 1.82) is 0 Å². The number of fused-ring (bicyclic) bond motifs is 1. The highest BCUT2D eigenvalue weighted by atomic mass is 79.9. The Balaban J connectivity index is 2.44. The van der Waals surface area contributed by atoms with Gasteiger partial charge in [-0.1, -0.05) is 11.6 Å². The Morgan fingerprint density at radius 3 is 2.70 bits per heavy atom. The highest BCUT2D eigenvalue weighted by molar-refractivity contribution is 9.10. The topological polar surface area (TPSA) is 43.8 Å². The quantitative estimate of drug-likeness (QED) is 0.705. The number of hydrogen-bond acceptors (Lipinski definition) is 2. The van der Waals surface area contributed by atoms with Gasteiger partial charge in [-0.25, -0.2) is 13.8 Å². The van der Waals surface area contributed by atoms with Crippen molar-refractivity contribution < 1.29 is 8.78 Å². The molecule has 0 fully saturated rings. The molecule has 0 amide bonds. The molecular weight excluding hydrogens is 352 g/mol. The summed E-state index contributed by atoms with van der Waals surface area (Å²) in [6.45, 7) is 0. The second-order valence-electron chi connectivity index (χ2n) is 4.13. The first-order valence-electron chi connectivity index (χ1n) is 5.56. The molecule has 0 radical (unpaired) electrons. The Morgan fingerprint density at radius 2 is 1.95 bits per heavy atom. The normalized spacial score (nSPS) is 11.2. The molecule has 0 saturated carbocycles. The lowest BCUT2D eigenvalue weighted by molar-refractivity contribution is 0.514. The fourth-order valence-electron chi connectivity index (χ4n) is 2.02. The molecule has 0 atom stereocenters. The van der Waals surface area contributed by atoms with E-state index in [4.69, 9.17) is 17.3 Å². The SMILES string of the molecule is Nc1nc2ccc(F)c(F)c2n1-c1cc(Cl)ccc1Br. The number of benzene rings is 2. The van der Waals surface area contributed by atoms with E-state index < -0.39 is 11.6 Å². The van der Waals surface area contributed by atoms with E-state index >= 15 is 0 Å². The second-order valence-corrected chi connectivity index (χ2v) is 5.42. The number of aromatic nitrogens is 2. The van der Waals surface area contributed by atoms with E-state index in [1.807, 2.05) is 0 Å². The lowest BCUT2D eigenvalue weighted by Gasteiger charge is -2.10. The Kier molecular flexibility index (Phi) is 3.14. The summed E-state index contributed by atoms with van der Waals surface area (Å²) in [6, 6.07) is 7.34. The number of imidazole rings is 1. The molecule has 0 unspecified atom stereocenters. The zero-order valence-electron chi connectivity index (χ0n) is 9.87. The Morgan fingerprint density at radius 1 is 1.20 bits per heavy atom. The molecule has 0 saturated heterocycles. The van der Waals surface area contributed by atoms with Gasteiger partial charge in [-0.2, -0.15) is 0 Å². The number of nitrogen functional groups attached to an aromatic ring is 1. The van der Waals surface area contributed by atoms with Crippen LogP contribution in [-0.4, -0.2) is 9.55 Å². The van der Waals surface area contributed by atoms with Crippen LogP contribution in [0, 0.1) is 11.6 Å². The average molecular weight is 359 g/mol. The van der Waals surface area contributed by atoms with Crippen molar-refractivity contribution in [2.45, 2.75) is 0 Å². The van der Waals surface area contributed by atoms with Crippen LogP contribution in [0.4, 0.5) is 14.7 Å². The van der Waals surface area contributed by atoms with E-state index in [-0.39, 0.29) is 17.0 Å². The van der Waals surface area contributed by atoms with E-state index in [0.29, 0.717) is 15.2 Å². The average Bonchev–Trinajstić information content (AvgIpc) is 2.74. The minimum absolute atomic E-state index is 0.0227. The maximum Gasteiger partial charge on any atom is 0.206 e. The summed E-state index contributed by atoms with van der Waals surface area (Å²) in [6.07, 6.45) is 0. The highest BCUT2D eigenvalue weighted by Crippen LogP contribution is 2.32. The van der Waals surface area contributed by atoms with Crippen molar-refractivity contribution in [3.05, 3.63) is 51.5 Å². The predicted octanol–water partition coefficient (Wildman–Crippen LogP) is 4.30. The molecule has 0 aliphatic rings. The monoisotopic (exact) mass is 357 g/mol. The van der Waals surface area contributed by atoms with Crippen LogP contribution in [0.15, 0.2) is 34.8 Å². The van der Waals surface area contributed by atoms with Crippen LogP contribution in [0.3, 0.4) is 0 Å². The molecule has 7 heteroatoms. The first-order chi connectivity index (χ1) is 9.49. The molecule has 3 nitrogen and oxygen atoms in total. The molecule has 2 aromatic carbocycles. The summed E-state index contributed by atoms with van der Waals surface area (Å²) in [4.78, 5) is 4.03. The smallest absolute Gasteiger partial charge is 0.206 e. The van der Waals surface area contributed by atoms with Crippen LogP contribution in [0.1, 0.15) is 0 Å². The number of rotatable bonds is 1. The van der Waals surface area contributed by atoms with E-state index in [0.717, 1.165) is 6.07 Å². The number of anilines is 1. The highest BCUT2D eigenvalue weighted by Gasteiger charge is 2.18. The summed E-state index contributed by atoms with van der Waals surface area (Å²) in [7, 11) is 0. The molecule has 0 spiro atoms. The van der Waals surface area contributed by atoms with Gasteiger partial charge in [-0.3, -0.25) is 4.57 Å². The fourth-order valence-corrected chi connectivity index (χ4v) is 2.61. The molecule has 1 heterocycles. The van der Waals surface area contributed by atoms with Crippen LogP contribution >= 0.6 is 27.5 Å². The predicted molar refractivity (Wildman–Crippen MR) is 78.1 cm³/mol. The Bertz CT molecular complexity index is 832. The minimum Gasteiger partial charge on any atom is -0.369 e. The Labute approximate surface area is 126 Å². The van der Waals surface area contributed by atoms with Crippen molar-refractivity contribution >= 4 is 44.5 Å². The van der Waals surface area contributed by atoms with Gasteiger partial charge in [0.2, 0.25) is 5.95 Å². The summed E-state index contributed by atoms with van der Waals surface area (Å²) < 4.78 is 29.4.